The standard InChI is InChI=1S/C18H30N2O2S/c1-6-15-7-8-16(23-15)13(2)19-14-9-11-20(12-10-14)17(21)22-18(3,4)5/h7-8,13-14,19H,6,9-12H2,1-5H3. The van der Waals surface area contributed by atoms with Crippen molar-refractivity contribution in [3.63, 3.8) is 0 Å². The van der Waals surface area contributed by atoms with Gasteiger partial charge in [0.15, 0.2) is 0 Å². The van der Waals surface area contributed by atoms with Crippen molar-refractivity contribution in [2.75, 3.05) is 13.1 Å². The Morgan fingerprint density at radius 3 is 2.57 bits per heavy atom. The van der Waals surface area contributed by atoms with Crippen LogP contribution in [0, 0.1) is 0 Å². The number of aryl methyl sites for hydroxylation is 1. The molecule has 4 nitrogen and oxygen atoms in total. The molecule has 5 heteroatoms. The highest BCUT2D eigenvalue weighted by atomic mass is 32.1. The Hall–Kier alpha value is -1.07. The number of thiophene rings is 1. The molecule has 1 fully saturated rings. The smallest absolute Gasteiger partial charge is 0.410 e. The van der Waals surface area contributed by atoms with Gasteiger partial charge < -0.3 is 15.0 Å². The molecule has 1 aliphatic heterocycles. The van der Waals surface area contributed by atoms with Crippen LogP contribution in [0.15, 0.2) is 12.1 Å². The van der Waals surface area contributed by atoms with Gasteiger partial charge in [0.1, 0.15) is 5.60 Å². The van der Waals surface area contributed by atoms with Gasteiger partial charge in [0, 0.05) is 34.9 Å². The highest BCUT2D eigenvalue weighted by molar-refractivity contribution is 7.12. The molecule has 1 atom stereocenters. The quantitative estimate of drug-likeness (QED) is 0.887. The summed E-state index contributed by atoms with van der Waals surface area (Å²) in [6.07, 6.45) is 2.88. The number of amides is 1. The molecular weight excluding hydrogens is 308 g/mol. The predicted molar refractivity (Wildman–Crippen MR) is 96.1 cm³/mol. The van der Waals surface area contributed by atoms with Crippen molar-refractivity contribution in [1.82, 2.24) is 10.2 Å². The molecule has 0 saturated carbocycles. The molecule has 0 aromatic carbocycles. The number of ether oxygens (including phenoxy) is 1. The highest BCUT2D eigenvalue weighted by Gasteiger charge is 2.27. The number of rotatable bonds is 4. The molecule has 0 bridgehead atoms. The summed E-state index contributed by atoms with van der Waals surface area (Å²) in [6, 6.07) is 5.30. The second-order valence-corrected chi connectivity index (χ2v) is 8.49. The van der Waals surface area contributed by atoms with Gasteiger partial charge in [-0.3, -0.25) is 0 Å². The monoisotopic (exact) mass is 338 g/mol. The van der Waals surface area contributed by atoms with E-state index in [1.807, 2.05) is 37.0 Å². The first-order chi connectivity index (χ1) is 10.8. The lowest BCUT2D eigenvalue weighted by atomic mass is 10.0. The van der Waals surface area contributed by atoms with E-state index in [0.29, 0.717) is 12.1 Å². The average molecular weight is 339 g/mol. The molecule has 0 radical (unpaired) electrons. The molecule has 0 spiro atoms. The fourth-order valence-corrected chi connectivity index (χ4v) is 3.77. The van der Waals surface area contributed by atoms with E-state index in [4.69, 9.17) is 4.74 Å². The Morgan fingerprint density at radius 1 is 1.39 bits per heavy atom. The molecule has 1 aliphatic rings. The molecule has 1 amide bonds. The summed E-state index contributed by atoms with van der Waals surface area (Å²) in [5, 5.41) is 3.71. The van der Waals surface area contributed by atoms with Gasteiger partial charge in [0.2, 0.25) is 0 Å². The van der Waals surface area contributed by atoms with E-state index in [1.165, 1.54) is 9.75 Å². The van der Waals surface area contributed by atoms with Crippen LogP contribution >= 0.6 is 11.3 Å². The van der Waals surface area contributed by atoms with Crippen LogP contribution in [0.2, 0.25) is 0 Å². The summed E-state index contributed by atoms with van der Waals surface area (Å²) in [5.74, 6) is 0. The van der Waals surface area contributed by atoms with E-state index in [-0.39, 0.29) is 6.09 Å². The van der Waals surface area contributed by atoms with E-state index >= 15 is 0 Å². The third-order valence-electron chi connectivity index (χ3n) is 4.09. The zero-order valence-corrected chi connectivity index (χ0v) is 15.8. The van der Waals surface area contributed by atoms with Crippen LogP contribution in [-0.4, -0.2) is 35.7 Å². The van der Waals surface area contributed by atoms with Crippen molar-refractivity contribution < 1.29 is 9.53 Å². The largest absolute Gasteiger partial charge is 0.444 e. The Kier molecular flexibility index (Phi) is 6.09. The number of hydrogen-bond donors (Lipinski definition) is 1. The van der Waals surface area contributed by atoms with Gasteiger partial charge in [-0.1, -0.05) is 6.92 Å². The fourth-order valence-electron chi connectivity index (χ4n) is 2.81. The first-order valence-electron chi connectivity index (χ1n) is 8.61. The Morgan fingerprint density at radius 2 is 2.04 bits per heavy atom. The maximum atomic E-state index is 12.1. The van der Waals surface area contributed by atoms with Gasteiger partial charge in [-0.25, -0.2) is 4.79 Å². The number of nitrogens with one attached hydrogen (secondary N) is 1. The summed E-state index contributed by atoms with van der Waals surface area (Å²) in [6.45, 7) is 11.7. The topological polar surface area (TPSA) is 41.6 Å². The summed E-state index contributed by atoms with van der Waals surface area (Å²) in [5.41, 5.74) is -0.420. The predicted octanol–water partition coefficient (Wildman–Crippen LogP) is 4.36. The van der Waals surface area contributed by atoms with Gasteiger partial charge in [0.05, 0.1) is 0 Å². The maximum absolute atomic E-state index is 12.1. The molecular formula is C18H30N2O2S. The Labute approximate surface area is 144 Å². The van der Waals surface area contributed by atoms with Crippen LogP contribution in [0.4, 0.5) is 4.79 Å². The van der Waals surface area contributed by atoms with Crippen molar-refractivity contribution >= 4 is 17.4 Å². The van der Waals surface area contributed by atoms with Gasteiger partial charge in [-0.2, -0.15) is 0 Å². The second kappa shape index (κ2) is 7.67. The minimum absolute atomic E-state index is 0.185. The summed E-state index contributed by atoms with van der Waals surface area (Å²) in [4.78, 5) is 16.8. The molecule has 2 rings (SSSR count). The molecule has 2 heterocycles. The number of likely N-dealkylation sites (tertiary alicyclic amines) is 1. The van der Waals surface area contributed by atoms with Gasteiger partial charge in [-0.15, -0.1) is 11.3 Å². The SMILES string of the molecule is CCc1ccc(C(C)NC2CCN(C(=O)OC(C)(C)C)CC2)s1. The molecule has 0 aliphatic carbocycles. The zero-order valence-electron chi connectivity index (χ0n) is 15.0. The first kappa shape index (κ1) is 18.3. The highest BCUT2D eigenvalue weighted by Crippen LogP contribution is 2.25. The van der Waals surface area contributed by atoms with Gasteiger partial charge in [-0.05, 0) is 59.1 Å². The number of carbonyl (C=O) groups excluding carboxylic acids is 1. The third-order valence-corrected chi connectivity index (χ3v) is 5.50. The van der Waals surface area contributed by atoms with E-state index in [9.17, 15) is 4.79 Å². The fraction of sp³-hybridized carbons (Fsp3) is 0.722. The molecule has 130 valence electrons. The van der Waals surface area contributed by atoms with E-state index in [1.54, 1.807) is 0 Å². The lowest BCUT2D eigenvalue weighted by Crippen LogP contribution is -2.46. The second-order valence-electron chi connectivity index (χ2n) is 7.29. The van der Waals surface area contributed by atoms with Crippen LogP contribution in [0.3, 0.4) is 0 Å². The van der Waals surface area contributed by atoms with Gasteiger partial charge >= 0.3 is 6.09 Å². The van der Waals surface area contributed by atoms with Gasteiger partial charge in [0.25, 0.3) is 0 Å². The van der Waals surface area contributed by atoms with Crippen LogP contribution in [0.5, 0.6) is 0 Å². The lowest BCUT2D eigenvalue weighted by Gasteiger charge is -2.34. The maximum Gasteiger partial charge on any atom is 0.410 e. The van der Waals surface area contributed by atoms with Crippen molar-refractivity contribution in [2.45, 2.75) is 71.6 Å². The van der Waals surface area contributed by atoms with Crippen molar-refractivity contribution in [1.29, 1.82) is 0 Å². The van der Waals surface area contributed by atoms with Crippen molar-refractivity contribution in [3.05, 3.63) is 21.9 Å². The molecule has 1 N–H and O–H groups in total. The number of carbonyl (C=O) groups is 1. The Bertz CT molecular complexity index is 513. The summed E-state index contributed by atoms with van der Waals surface area (Å²) in [7, 11) is 0. The minimum atomic E-state index is -0.420. The summed E-state index contributed by atoms with van der Waals surface area (Å²) < 4.78 is 5.45. The molecule has 1 aromatic rings. The van der Waals surface area contributed by atoms with Crippen molar-refractivity contribution in [3.8, 4) is 0 Å². The normalized spacial score (nSPS) is 18.0. The minimum Gasteiger partial charge on any atom is -0.444 e. The first-order valence-corrected chi connectivity index (χ1v) is 9.42. The van der Waals surface area contributed by atoms with Crippen LogP contribution < -0.4 is 5.32 Å². The van der Waals surface area contributed by atoms with E-state index in [0.717, 1.165) is 32.4 Å². The van der Waals surface area contributed by atoms with E-state index in [2.05, 4.69) is 31.3 Å². The molecule has 1 aromatic heterocycles. The molecule has 23 heavy (non-hydrogen) atoms. The molecule has 1 unspecified atom stereocenters. The number of hydrogen-bond acceptors (Lipinski definition) is 4. The van der Waals surface area contributed by atoms with Crippen molar-refractivity contribution in [2.24, 2.45) is 0 Å². The van der Waals surface area contributed by atoms with Crippen LogP contribution in [-0.2, 0) is 11.2 Å². The van der Waals surface area contributed by atoms with Crippen LogP contribution in [0.25, 0.3) is 0 Å². The lowest BCUT2D eigenvalue weighted by molar-refractivity contribution is 0.0196. The average Bonchev–Trinajstić information content (AvgIpc) is 2.95. The number of nitrogens with zero attached hydrogens (tertiary/aromatic N) is 1. The summed E-state index contributed by atoms with van der Waals surface area (Å²) >= 11 is 1.89. The third kappa shape index (κ3) is 5.50. The van der Waals surface area contributed by atoms with E-state index < -0.39 is 5.60 Å². The molecule has 1 saturated heterocycles. The number of piperidine rings is 1. The Balaban J connectivity index is 1.79. The van der Waals surface area contributed by atoms with Crippen LogP contribution in [0.1, 0.15) is 63.3 Å². The zero-order chi connectivity index (χ0) is 17.0.